The van der Waals surface area contributed by atoms with Crippen molar-refractivity contribution in [3.8, 4) is 39.1 Å². The fourth-order valence-corrected chi connectivity index (χ4v) is 7.94. The van der Waals surface area contributed by atoms with E-state index in [1.165, 1.54) is 66.0 Å². The summed E-state index contributed by atoms with van der Waals surface area (Å²) in [6.45, 7) is 0. The first-order chi connectivity index (χ1) is 26.8. The molecular formula is C52H36N2. The van der Waals surface area contributed by atoms with E-state index in [1.807, 2.05) is 0 Å². The third kappa shape index (κ3) is 5.62. The van der Waals surface area contributed by atoms with Crippen molar-refractivity contribution in [3.63, 3.8) is 0 Å². The molecule has 0 aliphatic heterocycles. The van der Waals surface area contributed by atoms with E-state index in [9.17, 15) is 0 Å². The Hall–Kier alpha value is -7.16. The summed E-state index contributed by atoms with van der Waals surface area (Å²) in [5, 5.41) is 5.02. The standard InChI is InChI=1S/C52H36N2/c1-3-14-40(15-4-1)47-34-29-43(36-52(47)54-50-21-11-9-19-48(50)49-20-10-12-22-51(49)54)39-27-32-46(33-28-39)53(44-17-5-2-6-18-44)45-30-25-38(26-31-45)42-24-23-37-13-7-8-16-41(37)35-42/h1-36H. The Labute approximate surface area is 315 Å². The first-order valence-electron chi connectivity index (χ1n) is 18.5. The molecule has 254 valence electrons. The summed E-state index contributed by atoms with van der Waals surface area (Å²) < 4.78 is 2.43. The first kappa shape index (κ1) is 31.6. The minimum Gasteiger partial charge on any atom is -0.311 e. The van der Waals surface area contributed by atoms with Gasteiger partial charge >= 0.3 is 0 Å². The maximum absolute atomic E-state index is 2.43. The van der Waals surface area contributed by atoms with Crippen molar-refractivity contribution in [1.29, 1.82) is 0 Å². The van der Waals surface area contributed by atoms with Gasteiger partial charge in [-0.25, -0.2) is 0 Å². The Morgan fingerprint density at radius 2 is 0.759 bits per heavy atom. The summed E-state index contributed by atoms with van der Waals surface area (Å²) in [6, 6.07) is 78.8. The average Bonchev–Trinajstić information content (AvgIpc) is 3.59. The molecule has 1 heterocycles. The van der Waals surface area contributed by atoms with Gasteiger partial charge in [-0.2, -0.15) is 0 Å². The maximum atomic E-state index is 2.43. The second-order valence-electron chi connectivity index (χ2n) is 13.8. The monoisotopic (exact) mass is 688 g/mol. The minimum absolute atomic E-state index is 1.10. The van der Waals surface area contributed by atoms with E-state index < -0.39 is 0 Å². The molecule has 0 aliphatic carbocycles. The normalized spacial score (nSPS) is 11.3. The summed E-state index contributed by atoms with van der Waals surface area (Å²) in [7, 11) is 0. The van der Waals surface area contributed by atoms with Crippen molar-refractivity contribution in [2.24, 2.45) is 0 Å². The molecule has 2 heteroatoms. The molecular weight excluding hydrogens is 653 g/mol. The lowest BCUT2D eigenvalue weighted by atomic mass is 9.97. The third-order valence-corrected chi connectivity index (χ3v) is 10.6. The van der Waals surface area contributed by atoms with Crippen molar-refractivity contribution in [2.75, 3.05) is 4.90 Å². The first-order valence-corrected chi connectivity index (χ1v) is 18.5. The molecule has 0 radical (unpaired) electrons. The van der Waals surface area contributed by atoms with E-state index in [1.54, 1.807) is 0 Å². The van der Waals surface area contributed by atoms with E-state index in [2.05, 4.69) is 228 Å². The topological polar surface area (TPSA) is 8.17 Å². The minimum atomic E-state index is 1.10. The summed E-state index contributed by atoms with van der Waals surface area (Å²) in [4.78, 5) is 2.33. The number of para-hydroxylation sites is 3. The van der Waals surface area contributed by atoms with Crippen LogP contribution >= 0.6 is 0 Å². The van der Waals surface area contributed by atoms with Crippen LogP contribution in [0.3, 0.4) is 0 Å². The van der Waals surface area contributed by atoms with Gasteiger partial charge in [0, 0.05) is 33.4 Å². The van der Waals surface area contributed by atoms with Gasteiger partial charge in [0.2, 0.25) is 0 Å². The van der Waals surface area contributed by atoms with Crippen LogP contribution in [0, 0.1) is 0 Å². The fourth-order valence-electron chi connectivity index (χ4n) is 7.94. The van der Waals surface area contributed by atoms with Crippen LogP contribution in [0.4, 0.5) is 17.1 Å². The van der Waals surface area contributed by atoms with Gasteiger partial charge in [-0.05, 0) is 99.3 Å². The van der Waals surface area contributed by atoms with Gasteiger partial charge in [0.05, 0.1) is 16.7 Å². The van der Waals surface area contributed by atoms with Crippen LogP contribution in [-0.4, -0.2) is 4.57 Å². The molecule has 0 fully saturated rings. The third-order valence-electron chi connectivity index (χ3n) is 10.6. The molecule has 0 atom stereocenters. The molecule has 0 unspecified atom stereocenters. The van der Waals surface area contributed by atoms with Gasteiger partial charge in [-0.3, -0.25) is 0 Å². The van der Waals surface area contributed by atoms with E-state index in [0.717, 1.165) is 22.7 Å². The lowest BCUT2D eigenvalue weighted by molar-refractivity contribution is 1.18. The van der Waals surface area contributed by atoms with E-state index >= 15 is 0 Å². The van der Waals surface area contributed by atoms with Crippen LogP contribution in [0.2, 0.25) is 0 Å². The number of aromatic nitrogens is 1. The van der Waals surface area contributed by atoms with Gasteiger partial charge in [-0.15, -0.1) is 0 Å². The van der Waals surface area contributed by atoms with Gasteiger partial charge in [-0.1, -0.05) is 158 Å². The zero-order valence-corrected chi connectivity index (χ0v) is 29.7. The largest absolute Gasteiger partial charge is 0.311 e. The predicted molar refractivity (Wildman–Crippen MR) is 229 cm³/mol. The Bertz CT molecular complexity index is 2850. The number of rotatable bonds is 7. The van der Waals surface area contributed by atoms with Crippen LogP contribution < -0.4 is 4.90 Å². The number of fused-ring (bicyclic) bond motifs is 4. The predicted octanol–water partition coefficient (Wildman–Crippen LogP) is 14.4. The summed E-state index contributed by atoms with van der Waals surface area (Å²) in [6.07, 6.45) is 0. The Kier molecular flexibility index (Phi) is 7.85. The zero-order chi connectivity index (χ0) is 35.8. The van der Waals surface area contributed by atoms with Crippen LogP contribution in [0.1, 0.15) is 0 Å². The molecule has 54 heavy (non-hydrogen) atoms. The maximum Gasteiger partial charge on any atom is 0.0546 e. The van der Waals surface area contributed by atoms with Gasteiger partial charge in [0.25, 0.3) is 0 Å². The Morgan fingerprint density at radius 3 is 1.39 bits per heavy atom. The van der Waals surface area contributed by atoms with Crippen LogP contribution in [0.15, 0.2) is 218 Å². The highest BCUT2D eigenvalue weighted by molar-refractivity contribution is 6.10. The fraction of sp³-hybridized carbons (Fsp3) is 0. The van der Waals surface area contributed by atoms with E-state index in [0.29, 0.717) is 0 Å². The Morgan fingerprint density at radius 1 is 0.296 bits per heavy atom. The second-order valence-corrected chi connectivity index (χ2v) is 13.8. The van der Waals surface area contributed by atoms with Crippen molar-refractivity contribution >= 4 is 49.6 Å². The molecule has 0 aliphatic rings. The molecule has 10 rings (SSSR count). The molecule has 0 N–H and O–H groups in total. The van der Waals surface area contributed by atoms with Crippen LogP contribution in [-0.2, 0) is 0 Å². The summed E-state index contributed by atoms with van der Waals surface area (Å²) in [5.74, 6) is 0. The van der Waals surface area contributed by atoms with Crippen molar-refractivity contribution in [2.45, 2.75) is 0 Å². The van der Waals surface area contributed by atoms with E-state index in [-0.39, 0.29) is 0 Å². The molecule has 0 saturated carbocycles. The zero-order valence-electron chi connectivity index (χ0n) is 29.7. The van der Waals surface area contributed by atoms with Gasteiger partial charge in [0.15, 0.2) is 0 Å². The molecule has 1 aromatic heterocycles. The lowest BCUT2D eigenvalue weighted by Gasteiger charge is -2.26. The highest BCUT2D eigenvalue weighted by Crippen LogP contribution is 2.40. The SMILES string of the molecule is c1ccc(-c2ccc(-c3ccc(N(c4ccccc4)c4ccc(-c5ccc6ccccc6c5)cc4)cc3)cc2-n2c3ccccc3c3ccccc32)cc1. The smallest absolute Gasteiger partial charge is 0.0546 e. The molecule has 0 bridgehead atoms. The van der Waals surface area contributed by atoms with Crippen LogP contribution in [0.5, 0.6) is 0 Å². The van der Waals surface area contributed by atoms with Gasteiger partial charge < -0.3 is 9.47 Å². The number of hydrogen-bond acceptors (Lipinski definition) is 1. The highest BCUT2D eigenvalue weighted by atomic mass is 15.1. The highest BCUT2D eigenvalue weighted by Gasteiger charge is 2.17. The van der Waals surface area contributed by atoms with Gasteiger partial charge in [0.1, 0.15) is 0 Å². The molecule has 0 amide bonds. The molecule has 10 aromatic rings. The molecule has 9 aromatic carbocycles. The molecule has 2 nitrogen and oxygen atoms in total. The number of benzene rings is 9. The number of nitrogens with zero attached hydrogens (tertiary/aromatic N) is 2. The number of anilines is 3. The quantitative estimate of drug-likeness (QED) is 0.162. The van der Waals surface area contributed by atoms with Crippen molar-refractivity contribution < 1.29 is 0 Å². The average molecular weight is 689 g/mol. The van der Waals surface area contributed by atoms with Crippen molar-refractivity contribution in [1.82, 2.24) is 4.57 Å². The molecule has 0 spiro atoms. The van der Waals surface area contributed by atoms with E-state index in [4.69, 9.17) is 0 Å². The lowest BCUT2D eigenvalue weighted by Crippen LogP contribution is -2.09. The second kappa shape index (κ2) is 13.4. The summed E-state index contributed by atoms with van der Waals surface area (Å²) in [5.41, 5.74) is 14.0. The molecule has 0 saturated heterocycles. The Balaban J connectivity index is 1.05. The number of hydrogen-bond donors (Lipinski definition) is 0. The van der Waals surface area contributed by atoms with Crippen LogP contribution in [0.25, 0.3) is 71.6 Å². The summed E-state index contributed by atoms with van der Waals surface area (Å²) >= 11 is 0. The van der Waals surface area contributed by atoms with Crippen molar-refractivity contribution in [3.05, 3.63) is 218 Å².